The molecule has 0 N–H and O–H groups in total. The van der Waals surface area contributed by atoms with E-state index in [1.165, 1.54) is 4.90 Å². The lowest BCUT2D eigenvalue weighted by atomic mass is 10.1. The van der Waals surface area contributed by atoms with Gasteiger partial charge < -0.3 is 9.64 Å². The van der Waals surface area contributed by atoms with Crippen molar-refractivity contribution >= 4 is 21.7 Å². The summed E-state index contributed by atoms with van der Waals surface area (Å²) in [5.74, 6) is -0.811. The van der Waals surface area contributed by atoms with Crippen molar-refractivity contribution in [3.63, 3.8) is 0 Å². The first-order valence-electron chi connectivity index (χ1n) is 7.85. The van der Waals surface area contributed by atoms with Gasteiger partial charge in [0, 0.05) is 24.9 Å². The van der Waals surface area contributed by atoms with Gasteiger partial charge in [-0.2, -0.15) is 5.26 Å². The fraction of sp³-hybridized carbons (Fsp3) is 0.471. The average Bonchev–Trinajstić information content (AvgIpc) is 2.54. The van der Waals surface area contributed by atoms with Crippen molar-refractivity contribution in [3.05, 3.63) is 35.4 Å². The molecule has 8 heteroatoms. The number of rotatable bonds is 9. The van der Waals surface area contributed by atoms with Crippen LogP contribution in [0.3, 0.4) is 0 Å². The van der Waals surface area contributed by atoms with Crippen LogP contribution in [-0.2, 0) is 25.1 Å². The molecule has 0 bridgehead atoms. The molecular formula is C17H22N2O5S. The molecule has 0 saturated carbocycles. The van der Waals surface area contributed by atoms with Gasteiger partial charge in [0.15, 0.2) is 9.84 Å². The minimum Gasteiger partial charge on any atom is -0.466 e. The van der Waals surface area contributed by atoms with Gasteiger partial charge in [-0.25, -0.2) is 8.42 Å². The van der Waals surface area contributed by atoms with E-state index >= 15 is 0 Å². The number of ether oxygens (including phenoxy) is 1. The maximum atomic E-state index is 12.6. The Kier molecular flexibility index (Phi) is 8.08. The molecule has 0 aliphatic carbocycles. The molecular weight excluding hydrogens is 344 g/mol. The number of nitrogens with zero attached hydrogens (tertiary/aromatic N) is 2. The van der Waals surface area contributed by atoms with Gasteiger partial charge in [0.25, 0.3) is 5.91 Å². The highest BCUT2D eigenvalue weighted by atomic mass is 32.2. The Morgan fingerprint density at radius 3 is 2.36 bits per heavy atom. The van der Waals surface area contributed by atoms with E-state index in [-0.39, 0.29) is 44.2 Å². The summed E-state index contributed by atoms with van der Waals surface area (Å²) in [5.41, 5.74) is 0.966. The lowest BCUT2D eigenvalue weighted by molar-refractivity contribution is -0.143. The first-order chi connectivity index (χ1) is 11.8. The second-order valence-electron chi connectivity index (χ2n) is 5.52. The fourth-order valence-electron chi connectivity index (χ4n) is 2.19. The number of benzene rings is 1. The molecule has 7 nitrogen and oxygen atoms in total. The number of carbonyl (C=O) groups is 2. The molecule has 1 aromatic carbocycles. The molecule has 0 heterocycles. The highest BCUT2D eigenvalue weighted by Crippen LogP contribution is 2.11. The van der Waals surface area contributed by atoms with Gasteiger partial charge in [-0.15, -0.1) is 0 Å². The van der Waals surface area contributed by atoms with Crippen molar-refractivity contribution in [1.82, 2.24) is 4.90 Å². The van der Waals surface area contributed by atoms with E-state index in [0.717, 1.165) is 6.26 Å². The highest BCUT2D eigenvalue weighted by molar-refractivity contribution is 7.89. The molecule has 0 fully saturated rings. The van der Waals surface area contributed by atoms with Gasteiger partial charge in [0.2, 0.25) is 0 Å². The monoisotopic (exact) mass is 366 g/mol. The molecule has 0 aliphatic heterocycles. The quantitative estimate of drug-likeness (QED) is 0.614. The van der Waals surface area contributed by atoms with Crippen LogP contribution < -0.4 is 0 Å². The summed E-state index contributed by atoms with van der Waals surface area (Å²) in [5, 5.41) is 8.74. The normalized spacial score (nSPS) is 10.8. The van der Waals surface area contributed by atoms with Gasteiger partial charge in [-0.3, -0.25) is 9.59 Å². The van der Waals surface area contributed by atoms with Gasteiger partial charge in [0.1, 0.15) is 0 Å². The smallest absolute Gasteiger partial charge is 0.307 e. The van der Waals surface area contributed by atoms with E-state index in [1.807, 2.05) is 6.07 Å². The van der Waals surface area contributed by atoms with Crippen LogP contribution in [0.25, 0.3) is 0 Å². The van der Waals surface area contributed by atoms with Crippen molar-refractivity contribution in [3.8, 4) is 6.07 Å². The largest absolute Gasteiger partial charge is 0.466 e. The Hall–Kier alpha value is -2.40. The SMILES string of the molecule is CCOC(=O)CCN(CCC#N)C(=O)c1ccc(CS(C)(=O)=O)cc1. The maximum absolute atomic E-state index is 12.6. The lowest BCUT2D eigenvalue weighted by Crippen LogP contribution is -2.34. The molecule has 0 spiro atoms. The van der Waals surface area contributed by atoms with E-state index in [1.54, 1.807) is 31.2 Å². The zero-order valence-corrected chi connectivity index (χ0v) is 15.2. The summed E-state index contributed by atoms with van der Waals surface area (Å²) in [6.45, 7) is 2.34. The molecule has 1 aromatic rings. The minimum absolute atomic E-state index is 0.0527. The van der Waals surface area contributed by atoms with Gasteiger partial charge in [-0.05, 0) is 24.6 Å². The van der Waals surface area contributed by atoms with Crippen molar-refractivity contribution in [2.75, 3.05) is 26.0 Å². The molecule has 1 rings (SSSR count). The molecule has 0 saturated heterocycles. The number of nitriles is 1. The molecule has 0 aliphatic rings. The van der Waals surface area contributed by atoms with Gasteiger partial charge in [-0.1, -0.05) is 12.1 Å². The minimum atomic E-state index is -3.15. The summed E-state index contributed by atoms with van der Waals surface area (Å²) in [7, 11) is -3.15. The van der Waals surface area contributed by atoms with Crippen LogP contribution in [0.2, 0.25) is 0 Å². The molecule has 0 aromatic heterocycles. The van der Waals surface area contributed by atoms with E-state index in [4.69, 9.17) is 10.00 Å². The Bertz CT molecular complexity index is 735. The highest BCUT2D eigenvalue weighted by Gasteiger charge is 2.17. The molecule has 0 radical (unpaired) electrons. The van der Waals surface area contributed by atoms with Gasteiger partial charge in [0.05, 0.1) is 31.3 Å². The number of hydrogen-bond donors (Lipinski definition) is 0. The van der Waals surface area contributed by atoms with Gasteiger partial charge >= 0.3 is 5.97 Å². The number of sulfone groups is 1. The summed E-state index contributed by atoms with van der Waals surface area (Å²) < 4.78 is 27.4. The van der Waals surface area contributed by atoms with Crippen LogP contribution in [-0.4, -0.2) is 51.1 Å². The number of hydrogen-bond acceptors (Lipinski definition) is 6. The van der Waals surface area contributed by atoms with Crippen molar-refractivity contribution in [2.45, 2.75) is 25.5 Å². The summed E-state index contributed by atoms with van der Waals surface area (Å²) in [6.07, 6.45) is 1.35. The predicted octanol–water partition coefficient (Wildman–Crippen LogP) is 1.54. The van der Waals surface area contributed by atoms with Crippen molar-refractivity contribution in [1.29, 1.82) is 5.26 Å². The topological polar surface area (TPSA) is 105 Å². The Morgan fingerprint density at radius 1 is 1.20 bits per heavy atom. The van der Waals surface area contributed by atoms with Crippen molar-refractivity contribution in [2.24, 2.45) is 0 Å². The molecule has 25 heavy (non-hydrogen) atoms. The Labute approximate surface area is 148 Å². The molecule has 136 valence electrons. The summed E-state index contributed by atoms with van der Waals surface area (Å²) in [4.78, 5) is 25.5. The van der Waals surface area contributed by atoms with Crippen LogP contribution >= 0.6 is 0 Å². The Balaban J connectivity index is 2.82. The zero-order chi connectivity index (χ0) is 18.9. The molecule has 0 unspecified atom stereocenters. The van der Waals surface area contributed by atoms with Crippen LogP contribution in [0.1, 0.15) is 35.7 Å². The fourth-order valence-corrected chi connectivity index (χ4v) is 2.99. The standard InChI is InChI=1S/C17H22N2O5S/c1-3-24-16(20)9-12-19(11-4-10-18)17(21)15-7-5-14(6-8-15)13-25(2,22)23/h5-8H,3-4,9,11-13H2,1-2H3. The Morgan fingerprint density at radius 2 is 1.84 bits per heavy atom. The van der Waals surface area contributed by atoms with Crippen molar-refractivity contribution < 1.29 is 22.7 Å². The third-order valence-electron chi connectivity index (χ3n) is 3.30. The van der Waals surface area contributed by atoms with Crippen LogP contribution in [0, 0.1) is 11.3 Å². The molecule has 0 atom stereocenters. The number of carbonyl (C=O) groups excluding carboxylic acids is 2. The third-order valence-corrected chi connectivity index (χ3v) is 4.16. The number of amides is 1. The average molecular weight is 366 g/mol. The first-order valence-corrected chi connectivity index (χ1v) is 9.91. The third kappa shape index (κ3) is 7.81. The van der Waals surface area contributed by atoms with E-state index in [0.29, 0.717) is 11.1 Å². The second-order valence-corrected chi connectivity index (χ2v) is 7.66. The first kappa shape index (κ1) is 20.6. The predicted molar refractivity (Wildman–Crippen MR) is 92.4 cm³/mol. The van der Waals surface area contributed by atoms with Crippen LogP contribution in [0.5, 0.6) is 0 Å². The van der Waals surface area contributed by atoms with E-state index in [2.05, 4.69) is 0 Å². The van der Waals surface area contributed by atoms with Crippen LogP contribution in [0.15, 0.2) is 24.3 Å². The summed E-state index contributed by atoms with van der Waals surface area (Å²) in [6, 6.07) is 8.24. The number of esters is 1. The van der Waals surface area contributed by atoms with Crippen LogP contribution in [0.4, 0.5) is 0 Å². The lowest BCUT2D eigenvalue weighted by Gasteiger charge is -2.21. The van der Waals surface area contributed by atoms with E-state index < -0.39 is 15.8 Å². The molecule has 1 amide bonds. The summed E-state index contributed by atoms with van der Waals surface area (Å²) >= 11 is 0. The maximum Gasteiger partial charge on any atom is 0.307 e. The van der Waals surface area contributed by atoms with E-state index in [9.17, 15) is 18.0 Å². The second kappa shape index (κ2) is 9.79. The zero-order valence-electron chi connectivity index (χ0n) is 14.4.